The van der Waals surface area contributed by atoms with E-state index in [-0.39, 0.29) is 12.2 Å². The maximum Gasteiger partial charge on any atom is 0.342 e. The van der Waals surface area contributed by atoms with Gasteiger partial charge in [0.25, 0.3) is 0 Å². The molecular formula is C19H19ClO6. The van der Waals surface area contributed by atoms with Gasteiger partial charge >= 0.3 is 5.97 Å². The van der Waals surface area contributed by atoms with Crippen molar-refractivity contribution in [1.82, 2.24) is 0 Å². The fourth-order valence-electron chi connectivity index (χ4n) is 2.57. The zero-order valence-corrected chi connectivity index (χ0v) is 15.3. The van der Waals surface area contributed by atoms with Crippen molar-refractivity contribution in [3.63, 3.8) is 0 Å². The molecule has 0 fully saturated rings. The van der Waals surface area contributed by atoms with E-state index in [1.54, 1.807) is 30.3 Å². The number of rotatable bonds is 5. The number of methoxy groups -OCH3 is 2. The van der Waals surface area contributed by atoms with Gasteiger partial charge in [0.05, 0.1) is 32.5 Å². The molecule has 2 aromatic carbocycles. The third-order valence-corrected chi connectivity index (χ3v) is 4.14. The van der Waals surface area contributed by atoms with E-state index in [9.17, 15) is 4.79 Å². The quantitative estimate of drug-likeness (QED) is 0.736. The molecule has 0 aromatic heterocycles. The van der Waals surface area contributed by atoms with Gasteiger partial charge in [-0.2, -0.15) is 0 Å². The van der Waals surface area contributed by atoms with Crippen LogP contribution >= 0.6 is 11.6 Å². The summed E-state index contributed by atoms with van der Waals surface area (Å²) in [6.45, 7) is 1.14. The summed E-state index contributed by atoms with van der Waals surface area (Å²) in [7, 11) is 3.01. The maximum absolute atomic E-state index is 12.4. The van der Waals surface area contributed by atoms with E-state index in [0.717, 1.165) is 6.42 Å². The molecule has 0 saturated carbocycles. The smallest absolute Gasteiger partial charge is 0.342 e. The van der Waals surface area contributed by atoms with Crippen LogP contribution in [0, 0.1) is 0 Å². The zero-order valence-electron chi connectivity index (χ0n) is 14.5. The Morgan fingerprint density at radius 1 is 1.12 bits per heavy atom. The molecule has 0 amide bonds. The molecule has 1 heterocycles. The number of hydrogen-bond donors (Lipinski definition) is 0. The van der Waals surface area contributed by atoms with Crippen molar-refractivity contribution in [2.75, 3.05) is 27.4 Å². The van der Waals surface area contributed by atoms with Crippen LogP contribution in [0.4, 0.5) is 0 Å². The van der Waals surface area contributed by atoms with Crippen LogP contribution < -0.4 is 18.9 Å². The minimum absolute atomic E-state index is 0.0373. The highest BCUT2D eigenvalue weighted by atomic mass is 35.5. The second-order valence-corrected chi connectivity index (χ2v) is 6.00. The van der Waals surface area contributed by atoms with E-state index in [1.165, 1.54) is 14.2 Å². The molecule has 0 saturated heterocycles. The Kier molecular flexibility index (Phi) is 5.73. The summed E-state index contributed by atoms with van der Waals surface area (Å²) in [6, 6.07) is 8.40. The van der Waals surface area contributed by atoms with Gasteiger partial charge in [-0.1, -0.05) is 11.6 Å². The van der Waals surface area contributed by atoms with Crippen LogP contribution in [0.1, 0.15) is 22.3 Å². The molecule has 1 aliphatic rings. The summed E-state index contributed by atoms with van der Waals surface area (Å²) >= 11 is 6.26. The van der Waals surface area contributed by atoms with Crippen LogP contribution in [0.15, 0.2) is 30.3 Å². The van der Waals surface area contributed by atoms with Crippen LogP contribution in [0.5, 0.6) is 23.0 Å². The molecule has 1 aliphatic heterocycles. The number of benzene rings is 2. The fourth-order valence-corrected chi connectivity index (χ4v) is 2.86. The fraction of sp³-hybridized carbons (Fsp3) is 0.316. The van der Waals surface area contributed by atoms with Gasteiger partial charge in [-0.25, -0.2) is 4.79 Å². The summed E-state index contributed by atoms with van der Waals surface area (Å²) in [5.41, 5.74) is 0.988. The SMILES string of the molecule is COc1ccc(OC)c(C(=O)OCc2cc(Cl)c3c(c2)OCCCO3)c1. The van der Waals surface area contributed by atoms with Gasteiger partial charge in [-0.05, 0) is 35.9 Å². The molecule has 0 atom stereocenters. The van der Waals surface area contributed by atoms with Gasteiger partial charge in [0.15, 0.2) is 11.5 Å². The monoisotopic (exact) mass is 378 g/mol. The molecule has 0 spiro atoms. The Hall–Kier alpha value is -2.60. The topological polar surface area (TPSA) is 63.2 Å². The predicted molar refractivity (Wildman–Crippen MR) is 95.7 cm³/mol. The molecule has 26 heavy (non-hydrogen) atoms. The molecule has 0 aliphatic carbocycles. The molecule has 138 valence electrons. The molecule has 7 heteroatoms. The first-order chi connectivity index (χ1) is 12.6. The van der Waals surface area contributed by atoms with Gasteiger partial charge in [0.1, 0.15) is 23.7 Å². The third-order valence-electron chi connectivity index (χ3n) is 3.86. The van der Waals surface area contributed by atoms with E-state index in [4.69, 9.17) is 35.3 Å². The van der Waals surface area contributed by atoms with E-state index in [2.05, 4.69) is 0 Å². The number of hydrogen-bond acceptors (Lipinski definition) is 6. The summed E-state index contributed by atoms with van der Waals surface area (Å²) < 4.78 is 27.0. The van der Waals surface area contributed by atoms with Gasteiger partial charge in [-0.15, -0.1) is 0 Å². The number of esters is 1. The van der Waals surface area contributed by atoms with E-state index in [0.29, 0.717) is 46.8 Å². The summed E-state index contributed by atoms with van der Waals surface area (Å²) in [5.74, 6) is 1.50. The minimum Gasteiger partial charge on any atom is -0.497 e. The highest BCUT2D eigenvalue weighted by Crippen LogP contribution is 2.38. The Bertz CT molecular complexity index is 805. The summed E-state index contributed by atoms with van der Waals surface area (Å²) in [4.78, 5) is 12.4. The number of carbonyl (C=O) groups excluding carboxylic acids is 1. The molecule has 2 aromatic rings. The molecule has 3 rings (SSSR count). The molecular weight excluding hydrogens is 360 g/mol. The average molecular weight is 379 g/mol. The Balaban J connectivity index is 1.76. The van der Waals surface area contributed by atoms with Crippen molar-refractivity contribution >= 4 is 17.6 Å². The first-order valence-corrected chi connectivity index (χ1v) is 8.47. The molecule has 0 radical (unpaired) electrons. The lowest BCUT2D eigenvalue weighted by molar-refractivity contribution is 0.0468. The van der Waals surface area contributed by atoms with Gasteiger partial charge in [0.2, 0.25) is 0 Å². The molecule has 6 nitrogen and oxygen atoms in total. The number of halogens is 1. The second kappa shape index (κ2) is 8.19. The maximum atomic E-state index is 12.4. The van der Waals surface area contributed by atoms with E-state index < -0.39 is 5.97 Å². The summed E-state index contributed by atoms with van der Waals surface area (Å²) in [5, 5.41) is 0.425. The van der Waals surface area contributed by atoms with Crippen LogP contribution in [-0.2, 0) is 11.3 Å². The highest BCUT2D eigenvalue weighted by Gasteiger charge is 2.18. The first kappa shape index (κ1) is 18.2. The zero-order chi connectivity index (χ0) is 18.5. The van der Waals surface area contributed by atoms with Crippen LogP contribution in [0.25, 0.3) is 0 Å². The van der Waals surface area contributed by atoms with Crippen molar-refractivity contribution < 1.29 is 28.5 Å². The molecule has 0 bridgehead atoms. The van der Waals surface area contributed by atoms with Crippen molar-refractivity contribution in [2.45, 2.75) is 13.0 Å². The lowest BCUT2D eigenvalue weighted by Crippen LogP contribution is -2.08. The van der Waals surface area contributed by atoms with Crippen molar-refractivity contribution in [1.29, 1.82) is 0 Å². The Morgan fingerprint density at radius 2 is 1.92 bits per heavy atom. The lowest BCUT2D eigenvalue weighted by atomic mass is 10.2. The van der Waals surface area contributed by atoms with E-state index in [1.807, 2.05) is 0 Å². The van der Waals surface area contributed by atoms with Crippen molar-refractivity contribution in [3.8, 4) is 23.0 Å². The van der Waals surface area contributed by atoms with Crippen molar-refractivity contribution in [2.24, 2.45) is 0 Å². The van der Waals surface area contributed by atoms with Gasteiger partial charge in [0, 0.05) is 6.42 Å². The highest BCUT2D eigenvalue weighted by molar-refractivity contribution is 6.32. The minimum atomic E-state index is -0.524. The lowest BCUT2D eigenvalue weighted by Gasteiger charge is -2.13. The number of fused-ring (bicyclic) bond motifs is 1. The second-order valence-electron chi connectivity index (χ2n) is 5.60. The van der Waals surface area contributed by atoms with Gasteiger partial charge < -0.3 is 23.7 Å². The predicted octanol–water partition coefficient (Wildman–Crippen LogP) is 3.88. The van der Waals surface area contributed by atoms with Crippen LogP contribution in [-0.4, -0.2) is 33.4 Å². The van der Waals surface area contributed by atoms with Gasteiger partial charge in [-0.3, -0.25) is 0 Å². The summed E-state index contributed by atoms with van der Waals surface area (Å²) in [6.07, 6.45) is 0.783. The first-order valence-electron chi connectivity index (χ1n) is 8.09. The molecule has 0 N–H and O–H groups in total. The Labute approximate surface area is 156 Å². The standard InChI is InChI=1S/C19H19ClO6/c1-22-13-4-5-16(23-2)14(10-13)19(21)26-11-12-8-15(20)18-17(9-12)24-6-3-7-25-18/h4-5,8-10H,3,6-7,11H2,1-2H3. The van der Waals surface area contributed by atoms with Crippen molar-refractivity contribution in [3.05, 3.63) is 46.5 Å². The molecule has 0 unspecified atom stereocenters. The average Bonchev–Trinajstić information content (AvgIpc) is 2.91. The van der Waals surface area contributed by atoms with Crippen LogP contribution in [0.3, 0.4) is 0 Å². The van der Waals surface area contributed by atoms with Crippen LogP contribution in [0.2, 0.25) is 5.02 Å². The normalized spacial score (nSPS) is 12.9. The largest absolute Gasteiger partial charge is 0.497 e. The Morgan fingerprint density at radius 3 is 2.69 bits per heavy atom. The van der Waals surface area contributed by atoms with E-state index >= 15 is 0 Å². The number of carbonyl (C=O) groups is 1. The third kappa shape index (κ3) is 3.96. The number of ether oxygens (including phenoxy) is 5.